The third-order valence-electron chi connectivity index (χ3n) is 3.01. The second-order valence-electron chi connectivity index (χ2n) is 4.73. The number of carbonyl (C=O) groups excluding carboxylic acids is 2. The van der Waals surface area contributed by atoms with Gasteiger partial charge >= 0.3 is 18.2 Å². The Hall–Kier alpha value is -3.03. The van der Waals surface area contributed by atoms with Crippen LogP contribution in [0, 0.1) is 0 Å². The van der Waals surface area contributed by atoms with E-state index in [2.05, 4.69) is 15.4 Å². The summed E-state index contributed by atoms with van der Waals surface area (Å²) in [5.74, 6) is -0.519. The number of hydrogen-bond donors (Lipinski definition) is 2. The van der Waals surface area contributed by atoms with E-state index in [4.69, 9.17) is 0 Å². The molecule has 0 aliphatic carbocycles. The summed E-state index contributed by atoms with van der Waals surface area (Å²) in [4.78, 5) is 23.1. The van der Waals surface area contributed by atoms with Crippen molar-refractivity contribution in [1.82, 2.24) is 0 Å². The van der Waals surface area contributed by atoms with Crippen LogP contribution in [0.4, 0.5) is 29.3 Å². The summed E-state index contributed by atoms with van der Waals surface area (Å²) in [6, 6.07) is 9.42. The second-order valence-corrected chi connectivity index (χ2v) is 4.73. The molecule has 0 atom stereocenters. The minimum absolute atomic E-state index is 0.00788. The monoisotopic (exact) mass is 338 g/mol. The zero-order valence-corrected chi connectivity index (χ0v) is 12.5. The molecule has 2 N–H and O–H groups in total. The van der Waals surface area contributed by atoms with Crippen molar-refractivity contribution in [1.29, 1.82) is 0 Å². The van der Waals surface area contributed by atoms with Gasteiger partial charge in [-0.2, -0.15) is 13.2 Å². The molecule has 0 spiro atoms. The van der Waals surface area contributed by atoms with Crippen molar-refractivity contribution in [2.75, 3.05) is 17.7 Å². The molecule has 0 aromatic heterocycles. The number of anilines is 2. The van der Waals surface area contributed by atoms with Crippen molar-refractivity contribution < 1.29 is 27.5 Å². The van der Waals surface area contributed by atoms with Gasteiger partial charge in [0.2, 0.25) is 0 Å². The molecule has 0 heterocycles. The van der Waals surface area contributed by atoms with E-state index in [1.807, 2.05) is 0 Å². The molecule has 0 unspecified atom stereocenters. The topological polar surface area (TPSA) is 67.4 Å². The standard InChI is InChI=1S/C16H13F3N2O3/c1-24-14(22)10-5-7-12(8-6-10)20-15(23)21-13-4-2-3-11(9-13)16(17,18)19/h2-9H,1H3,(H2,20,21,23). The Bertz CT molecular complexity index is 743. The Kier molecular flexibility index (Phi) is 5.08. The van der Waals surface area contributed by atoms with Crippen LogP contribution in [-0.4, -0.2) is 19.1 Å². The van der Waals surface area contributed by atoms with E-state index in [1.54, 1.807) is 0 Å². The predicted octanol–water partition coefficient (Wildman–Crippen LogP) is 4.14. The summed E-state index contributed by atoms with van der Waals surface area (Å²) in [6.07, 6.45) is -4.49. The first-order valence-electron chi connectivity index (χ1n) is 6.73. The van der Waals surface area contributed by atoms with Gasteiger partial charge < -0.3 is 15.4 Å². The van der Waals surface area contributed by atoms with Gasteiger partial charge in [-0.3, -0.25) is 0 Å². The molecule has 126 valence electrons. The molecule has 8 heteroatoms. The Morgan fingerprint density at radius 2 is 1.58 bits per heavy atom. The van der Waals surface area contributed by atoms with Crippen molar-refractivity contribution in [2.24, 2.45) is 0 Å². The quantitative estimate of drug-likeness (QED) is 0.827. The summed E-state index contributed by atoms with van der Waals surface area (Å²) in [6.45, 7) is 0. The highest BCUT2D eigenvalue weighted by atomic mass is 19.4. The van der Waals surface area contributed by atoms with Gasteiger partial charge in [0.15, 0.2) is 0 Å². The lowest BCUT2D eigenvalue weighted by molar-refractivity contribution is -0.137. The number of halogens is 3. The smallest absolute Gasteiger partial charge is 0.416 e. The molecule has 5 nitrogen and oxygen atoms in total. The Morgan fingerprint density at radius 3 is 2.17 bits per heavy atom. The third kappa shape index (κ3) is 4.48. The number of methoxy groups -OCH3 is 1. The lowest BCUT2D eigenvalue weighted by Crippen LogP contribution is -2.19. The summed E-state index contributed by atoms with van der Waals surface area (Å²) in [5, 5.41) is 4.76. The molecule has 0 aliphatic rings. The van der Waals surface area contributed by atoms with Crippen LogP contribution in [-0.2, 0) is 10.9 Å². The van der Waals surface area contributed by atoms with E-state index < -0.39 is 23.7 Å². The summed E-state index contributed by atoms with van der Waals surface area (Å²) in [7, 11) is 1.25. The van der Waals surface area contributed by atoms with E-state index in [1.165, 1.54) is 43.5 Å². The van der Waals surface area contributed by atoms with Crippen LogP contribution in [0.15, 0.2) is 48.5 Å². The maximum absolute atomic E-state index is 12.6. The van der Waals surface area contributed by atoms with Crippen molar-refractivity contribution in [3.05, 3.63) is 59.7 Å². The predicted molar refractivity (Wildman–Crippen MR) is 81.9 cm³/mol. The van der Waals surface area contributed by atoms with Crippen LogP contribution in [0.25, 0.3) is 0 Å². The lowest BCUT2D eigenvalue weighted by Gasteiger charge is -2.11. The van der Waals surface area contributed by atoms with Gasteiger partial charge in [0, 0.05) is 11.4 Å². The number of benzene rings is 2. The number of urea groups is 1. The van der Waals surface area contributed by atoms with E-state index in [9.17, 15) is 22.8 Å². The van der Waals surface area contributed by atoms with E-state index in [0.717, 1.165) is 12.1 Å². The van der Waals surface area contributed by atoms with Crippen LogP contribution in [0.1, 0.15) is 15.9 Å². The van der Waals surface area contributed by atoms with Gasteiger partial charge in [-0.1, -0.05) is 6.07 Å². The minimum atomic E-state index is -4.49. The molecule has 0 aliphatic heterocycles. The molecule has 2 aromatic rings. The molecule has 2 amide bonds. The van der Waals surface area contributed by atoms with Crippen LogP contribution in [0.2, 0.25) is 0 Å². The van der Waals surface area contributed by atoms with Crippen LogP contribution in [0.3, 0.4) is 0 Å². The van der Waals surface area contributed by atoms with Gasteiger partial charge in [0.05, 0.1) is 18.2 Å². The maximum Gasteiger partial charge on any atom is 0.416 e. The molecule has 2 aromatic carbocycles. The number of rotatable bonds is 3. The van der Waals surface area contributed by atoms with Crippen LogP contribution >= 0.6 is 0 Å². The number of hydrogen-bond acceptors (Lipinski definition) is 3. The average molecular weight is 338 g/mol. The molecule has 24 heavy (non-hydrogen) atoms. The fourth-order valence-electron chi connectivity index (χ4n) is 1.87. The van der Waals surface area contributed by atoms with E-state index >= 15 is 0 Å². The normalized spacial score (nSPS) is 10.8. The van der Waals surface area contributed by atoms with Gasteiger partial charge in [0.25, 0.3) is 0 Å². The number of esters is 1. The highest BCUT2D eigenvalue weighted by Gasteiger charge is 2.30. The molecular formula is C16H13F3N2O3. The number of nitrogens with one attached hydrogen (secondary N) is 2. The minimum Gasteiger partial charge on any atom is -0.465 e. The molecule has 0 saturated heterocycles. The van der Waals surface area contributed by atoms with E-state index in [-0.39, 0.29) is 5.69 Å². The van der Waals surface area contributed by atoms with Crippen molar-refractivity contribution in [3.8, 4) is 0 Å². The van der Waals surface area contributed by atoms with Crippen LogP contribution < -0.4 is 10.6 Å². The van der Waals surface area contributed by atoms with Gasteiger partial charge in [-0.15, -0.1) is 0 Å². The zero-order chi connectivity index (χ0) is 17.7. The molecule has 0 radical (unpaired) electrons. The first kappa shape index (κ1) is 17.3. The molecule has 0 bridgehead atoms. The van der Waals surface area contributed by atoms with Crippen LogP contribution in [0.5, 0.6) is 0 Å². The molecule has 0 fully saturated rings. The fraction of sp³-hybridized carbons (Fsp3) is 0.125. The largest absolute Gasteiger partial charge is 0.465 e. The number of amides is 2. The highest BCUT2D eigenvalue weighted by molar-refractivity contribution is 6.00. The average Bonchev–Trinajstić information content (AvgIpc) is 2.54. The number of carbonyl (C=O) groups is 2. The number of ether oxygens (including phenoxy) is 1. The van der Waals surface area contributed by atoms with E-state index in [0.29, 0.717) is 11.3 Å². The van der Waals surface area contributed by atoms with Gasteiger partial charge in [-0.05, 0) is 42.5 Å². The van der Waals surface area contributed by atoms with Gasteiger partial charge in [0.1, 0.15) is 0 Å². The van der Waals surface area contributed by atoms with Crippen molar-refractivity contribution in [2.45, 2.75) is 6.18 Å². The first-order chi connectivity index (χ1) is 11.3. The Morgan fingerprint density at radius 1 is 0.958 bits per heavy atom. The first-order valence-corrected chi connectivity index (χ1v) is 6.73. The summed E-state index contributed by atoms with van der Waals surface area (Å²) < 4.78 is 42.4. The fourth-order valence-corrected chi connectivity index (χ4v) is 1.87. The highest BCUT2D eigenvalue weighted by Crippen LogP contribution is 2.30. The third-order valence-corrected chi connectivity index (χ3v) is 3.01. The summed E-state index contributed by atoms with van der Waals surface area (Å²) >= 11 is 0. The van der Waals surface area contributed by atoms with Gasteiger partial charge in [-0.25, -0.2) is 9.59 Å². The zero-order valence-electron chi connectivity index (χ0n) is 12.5. The summed E-state index contributed by atoms with van der Waals surface area (Å²) in [5.41, 5.74) is -0.176. The van der Waals surface area contributed by atoms with Crippen molar-refractivity contribution in [3.63, 3.8) is 0 Å². The van der Waals surface area contributed by atoms with Crippen molar-refractivity contribution >= 4 is 23.4 Å². The SMILES string of the molecule is COC(=O)c1ccc(NC(=O)Nc2cccc(C(F)(F)F)c2)cc1. The molecular weight excluding hydrogens is 325 g/mol. The second kappa shape index (κ2) is 7.03. The molecule has 2 rings (SSSR count). The Labute approximate surface area is 135 Å². The lowest BCUT2D eigenvalue weighted by atomic mass is 10.2. The Balaban J connectivity index is 2.02. The molecule has 0 saturated carbocycles. The number of alkyl halides is 3. The maximum atomic E-state index is 12.6.